The van der Waals surface area contributed by atoms with Crippen molar-refractivity contribution in [3.63, 3.8) is 0 Å². The molecule has 0 saturated carbocycles. The molecule has 0 fully saturated rings. The zero-order valence-electron chi connectivity index (χ0n) is 10.6. The molecule has 19 heavy (non-hydrogen) atoms. The van der Waals surface area contributed by atoms with Crippen molar-refractivity contribution in [1.29, 1.82) is 0 Å². The Labute approximate surface area is 120 Å². The number of rotatable bonds is 5. The van der Waals surface area contributed by atoms with Crippen LogP contribution in [0.25, 0.3) is 11.3 Å². The zero-order chi connectivity index (χ0) is 13.8. The number of nitrogens with zero attached hydrogens (tertiary/aromatic N) is 2. The van der Waals surface area contributed by atoms with Crippen LogP contribution in [0.5, 0.6) is 0 Å². The molecule has 5 heteroatoms. The minimum Gasteiger partial charge on any atom is -0.478 e. The maximum Gasteiger partial charge on any atom is 0.339 e. The molecule has 1 aromatic heterocycles. The van der Waals surface area contributed by atoms with Gasteiger partial charge in [-0.2, -0.15) is 5.10 Å². The second kappa shape index (κ2) is 6.02. The Bertz CT molecular complexity index is 593. The molecule has 1 N–H and O–H groups in total. The van der Waals surface area contributed by atoms with Gasteiger partial charge in [0, 0.05) is 22.8 Å². The summed E-state index contributed by atoms with van der Waals surface area (Å²) in [7, 11) is 0. The first-order valence-corrected chi connectivity index (χ1v) is 6.98. The maximum atomic E-state index is 11.3. The molecule has 0 bridgehead atoms. The summed E-state index contributed by atoms with van der Waals surface area (Å²) in [4.78, 5) is 11.3. The highest BCUT2D eigenvalue weighted by Crippen LogP contribution is 2.29. The second-order valence-electron chi connectivity index (χ2n) is 4.29. The number of carboxylic acids is 1. The standard InChI is InChI=1S/C14H15BrN2O2/c1-2-3-8-17-9-11(14(18)19)13(16-17)10-6-4-5-7-12(10)15/h4-7,9H,2-3,8H2,1H3,(H,18,19). The van der Waals surface area contributed by atoms with Gasteiger partial charge in [0.1, 0.15) is 11.3 Å². The Morgan fingerprint density at radius 3 is 2.79 bits per heavy atom. The monoisotopic (exact) mass is 322 g/mol. The summed E-state index contributed by atoms with van der Waals surface area (Å²) < 4.78 is 2.56. The van der Waals surface area contributed by atoms with Gasteiger partial charge < -0.3 is 5.11 Å². The van der Waals surface area contributed by atoms with Crippen molar-refractivity contribution >= 4 is 21.9 Å². The molecule has 0 amide bonds. The van der Waals surface area contributed by atoms with Gasteiger partial charge in [-0.15, -0.1) is 0 Å². The smallest absolute Gasteiger partial charge is 0.339 e. The molecule has 1 aromatic carbocycles. The number of unbranched alkanes of at least 4 members (excludes halogenated alkanes) is 1. The molecular weight excluding hydrogens is 308 g/mol. The predicted molar refractivity (Wildman–Crippen MR) is 77.2 cm³/mol. The number of aromatic carboxylic acids is 1. The van der Waals surface area contributed by atoms with Gasteiger partial charge >= 0.3 is 5.97 Å². The number of carboxylic acid groups (broad SMARTS) is 1. The summed E-state index contributed by atoms with van der Waals surface area (Å²) in [6.45, 7) is 2.83. The molecule has 2 rings (SSSR count). The van der Waals surface area contributed by atoms with Crippen LogP contribution in [-0.4, -0.2) is 20.9 Å². The average Bonchev–Trinajstić information content (AvgIpc) is 2.81. The molecule has 0 radical (unpaired) electrons. The highest BCUT2D eigenvalue weighted by Gasteiger charge is 2.18. The normalized spacial score (nSPS) is 10.6. The SMILES string of the molecule is CCCCn1cc(C(=O)O)c(-c2ccccc2Br)n1. The molecule has 100 valence electrons. The van der Waals surface area contributed by atoms with Gasteiger partial charge in [-0.1, -0.05) is 47.5 Å². The van der Waals surface area contributed by atoms with Crippen LogP contribution in [0.2, 0.25) is 0 Å². The third-order valence-corrected chi connectivity index (χ3v) is 3.55. The molecule has 0 aliphatic heterocycles. The summed E-state index contributed by atoms with van der Waals surface area (Å²) >= 11 is 3.44. The van der Waals surface area contributed by atoms with E-state index in [0.29, 0.717) is 5.69 Å². The minimum atomic E-state index is -0.950. The topological polar surface area (TPSA) is 55.1 Å². The lowest BCUT2D eigenvalue weighted by Crippen LogP contribution is -1.98. The molecule has 4 nitrogen and oxygen atoms in total. The van der Waals surface area contributed by atoms with Crippen LogP contribution in [0.4, 0.5) is 0 Å². The van der Waals surface area contributed by atoms with Gasteiger partial charge in [0.25, 0.3) is 0 Å². The number of benzene rings is 1. The highest BCUT2D eigenvalue weighted by molar-refractivity contribution is 9.10. The average molecular weight is 323 g/mol. The Morgan fingerprint density at radius 2 is 2.16 bits per heavy atom. The fraction of sp³-hybridized carbons (Fsp3) is 0.286. The highest BCUT2D eigenvalue weighted by atomic mass is 79.9. The third-order valence-electron chi connectivity index (χ3n) is 2.86. The van der Waals surface area contributed by atoms with Gasteiger partial charge in [0.05, 0.1) is 0 Å². The Balaban J connectivity index is 2.46. The molecule has 0 spiro atoms. The van der Waals surface area contributed by atoms with Crippen LogP contribution in [0.1, 0.15) is 30.1 Å². The predicted octanol–water partition coefficient (Wildman–Crippen LogP) is 3.81. The fourth-order valence-electron chi connectivity index (χ4n) is 1.86. The number of carbonyl (C=O) groups is 1. The Kier molecular flexibility index (Phi) is 4.37. The van der Waals surface area contributed by atoms with E-state index >= 15 is 0 Å². The second-order valence-corrected chi connectivity index (χ2v) is 5.15. The molecule has 0 aliphatic carbocycles. The quantitative estimate of drug-likeness (QED) is 0.910. The molecular formula is C14H15BrN2O2. The van der Waals surface area contributed by atoms with E-state index in [2.05, 4.69) is 28.0 Å². The molecule has 0 unspecified atom stereocenters. The largest absolute Gasteiger partial charge is 0.478 e. The minimum absolute atomic E-state index is 0.239. The fourth-order valence-corrected chi connectivity index (χ4v) is 2.34. The lowest BCUT2D eigenvalue weighted by atomic mass is 10.1. The summed E-state index contributed by atoms with van der Waals surface area (Å²) in [6, 6.07) is 7.51. The van der Waals surface area contributed by atoms with Crippen LogP contribution in [0.3, 0.4) is 0 Å². The summed E-state index contributed by atoms with van der Waals surface area (Å²) in [5.41, 5.74) is 1.55. The van der Waals surface area contributed by atoms with Crippen molar-refractivity contribution in [3.8, 4) is 11.3 Å². The molecule has 0 atom stereocenters. The lowest BCUT2D eigenvalue weighted by Gasteiger charge is -2.02. The van der Waals surface area contributed by atoms with E-state index in [0.717, 1.165) is 29.4 Å². The van der Waals surface area contributed by atoms with Crippen molar-refractivity contribution in [3.05, 3.63) is 40.5 Å². The Hall–Kier alpha value is -1.62. The molecule has 2 aromatic rings. The van der Waals surface area contributed by atoms with E-state index in [1.54, 1.807) is 10.9 Å². The molecule has 1 heterocycles. The van der Waals surface area contributed by atoms with Crippen molar-refractivity contribution in [2.45, 2.75) is 26.3 Å². The van der Waals surface area contributed by atoms with Gasteiger partial charge in [0.2, 0.25) is 0 Å². The van der Waals surface area contributed by atoms with Gasteiger partial charge in [-0.25, -0.2) is 4.79 Å². The van der Waals surface area contributed by atoms with Crippen LogP contribution >= 0.6 is 15.9 Å². The van der Waals surface area contributed by atoms with Crippen LogP contribution in [0, 0.1) is 0 Å². The lowest BCUT2D eigenvalue weighted by molar-refractivity contribution is 0.0697. The van der Waals surface area contributed by atoms with Crippen LogP contribution in [-0.2, 0) is 6.54 Å². The van der Waals surface area contributed by atoms with Crippen LogP contribution in [0.15, 0.2) is 34.9 Å². The van der Waals surface area contributed by atoms with E-state index < -0.39 is 5.97 Å². The van der Waals surface area contributed by atoms with Gasteiger partial charge in [-0.3, -0.25) is 4.68 Å². The van der Waals surface area contributed by atoms with Crippen molar-refractivity contribution in [2.75, 3.05) is 0 Å². The number of aromatic nitrogens is 2. The number of hydrogen-bond acceptors (Lipinski definition) is 2. The van der Waals surface area contributed by atoms with Crippen LogP contribution < -0.4 is 0 Å². The maximum absolute atomic E-state index is 11.3. The summed E-state index contributed by atoms with van der Waals surface area (Å²) in [6.07, 6.45) is 3.63. The van der Waals surface area contributed by atoms with E-state index in [4.69, 9.17) is 0 Å². The van der Waals surface area contributed by atoms with Crippen molar-refractivity contribution in [1.82, 2.24) is 9.78 Å². The van der Waals surface area contributed by atoms with Gasteiger partial charge in [-0.05, 0) is 12.5 Å². The van der Waals surface area contributed by atoms with E-state index in [1.165, 1.54) is 0 Å². The first-order chi connectivity index (χ1) is 9.13. The zero-order valence-corrected chi connectivity index (χ0v) is 12.2. The Morgan fingerprint density at radius 1 is 1.42 bits per heavy atom. The van der Waals surface area contributed by atoms with Gasteiger partial charge in [0.15, 0.2) is 0 Å². The first-order valence-electron chi connectivity index (χ1n) is 6.19. The van der Waals surface area contributed by atoms with E-state index in [-0.39, 0.29) is 5.56 Å². The van der Waals surface area contributed by atoms with Crippen molar-refractivity contribution < 1.29 is 9.90 Å². The van der Waals surface area contributed by atoms with E-state index in [1.807, 2.05) is 24.3 Å². The number of halogens is 1. The molecule has 0 saturated heterocycles. The van der Waals surface area contributed by atoms with Crippen molar-refractivity contribution in [2.24, 2.45) is 0 Å². The first kappa shape index (κ1) is 13.8. The summed E-state index contributed by atoms with van der Waals surface area (Å²) in [5, 5.41) is 13.7. The molecule has 0 aliphatic rings. The third kappa shape index (κ3) is 3.04. The number of hydrogen-bond donors (Lipinski definition) is 1. The van der Waals surface area contributed by atoms with E-state index in [9.17, 15) is 9.90 Å². The summed E-state index contributed by atoms with van der Waals surface area (Å²) in [5.74, 6) is -0.950. The number of aryl methyl sites for hydroxylation is 1.